The van der Waals surface area contributed by atoms with Crippen LogP contribution in [0, 0.1) is 20.2 Å². The molecule has 17 heteroatoms. The molecule has 2 fully saturated rings. The number of nitrogens with two attached hydrogens (primary N) is 1. The third-order valence-electron chi connectivity index (χ3n) is 6.54. The number of hydrogen-bond donors (Lipinski definition) is 2. The van der Waals surface area contributed by atoms with Gasteiger partial charge in [0.1, 0.15) is 11.2 Å². The van der Waals surface area contributed by atoms with E-state index in [0.717, 1.165) is 48.9 Å². The highest BCUT2D eigenvalue weighted by Gasteiger charge is 2.27. The zero-order valence-electron chi connectivity index (χ0n) is 27.7. The van der Waals surface area contributed by atoms with Gasteiger partial charge >= 0.3 is 23.8 Å². The normalized spacial score (nSPS) is 15.7. The van der Waals surface area contributed by atoms with E-state index in [2.05, 4.69) is 31.2 Å². The number of anilines is 1. The largest absolute Gasteiger partial charge is 0.444 e. The Morgan fingerprint density at radius 2 is 1.23 bits per heavy atom. The van der Waals surface area contributed by atoms with E-state index in [1.54, 1.807) is 21.9 Å². The van der Waals surface area contributed by atoms with E-state index in [-0.39, 0.29) is 35.9 Å². The van der Waals surface area contributed by atoms with Gasteiger partial charge in [0.15, 0.2) is 12.4 Å². The molecule has 4 rings (SSSR count). The van der Waals surface area contributed by atoms with Gasteiger partial charge in [-0.15, -0.1) is 0 Å². The lowest BCUT2D eigenvalue weighted by atomic mass is 10.1. The summed E-state index contributed by atoms with van der Waals surface area (Å²) in [4.78, 5) is 53.9. The van der Waals surface area contributed by atoms with Crippen molar-refractivity contribution in [3.63, 3.8) is 0 Å². The lowest BCUT2D eigenvalue weighted by molar-refractivity contribution is -0.389. The van der Waals surface area contributed by atoms with Gasteiger partial charge in [0.05, 0.1) is 10.2 Å². The van der Waals surface area contributed by atoms with Crippen molar-refractivity contribution in [2.45, 2.75) is 90.5 Å². The van der Waals surface area contributed by atoms with Crippen molar-refractivity contribution in [3.8, 4) is 0 Å². The summed E-state index contributed by atoms with van der Waals surface area (Å²) in [5.74, 6) is -0.307. The number of hydrogen-bond acceptors (Lipinski definition) is 12. The Hall–Kier alpha value is -4.12. The first kappa shape index (κ1) is 39.1. The first-order valence-electron chi connectivity index (χ1n) is 15.2. The maximum absolute atomic E-state index is 12.0. The number of nitrogens with one attached hydrogen (secondary N) is 1. The number of halogens is 1. The van der Waals surface area contributed by atoms with Crippen LogP contribution in [0.5, 0.6) is 0 Å². The van der Waals surface area contributed by atoms with Crippen LogP contribution < -0.4 is 11.1 Å². The Balaban J connectivity index is 0.000000271. The molecule has 0 saturated carbocycles. The van der Waals surface area contributed by atoms with Gasteiger partial charge in [-0.2, -0.15) is 0 Å². The van der Waals surface area contributed by atoms with Crippen molar-refractivity contribution in [3.05, 3.63) is 61.4 Å². The summed E-state index contributed by atoms with van der Waals surface area (Å²) >= 11 is 3.11. The Kier molecular flexibility index (Phi) is 14.7. The molecule has 2 aliphatic heterocycles. The number of carbonyl (C=O) groups is 2. The van der Waals surface area contributed by atoms with Crippen LogP contribution in [-0.4, -0.2) is 91.3 Å². The van der Waals surface area contributed by atoms with Gasteiger partial charge in [-0.25, -0.2) is 9.59 Å². The molecule has 0 bridgehead atoms. The predicted molar refractivity (Wildman–Crippen MR) is 179 cm³/mol. The first-order valence-corrected chi connectivity index (χ1v) is 16.0. The van der Waals surface area contributed by atoms with Gasteiger partial charge in [0.2, 0.25) is 0 Å². The zero-order chi connectivity index (χ0) is 35.4. The molecule has 2 aromatic heterocycles. The summed E-state index contributed by atoms with van der Waals surface area (Å²) < 4.78 is 11.4. The van der Waals surface area contributed by atoms with E-state index in [1.165, 1.54) is 24.5 Å². The molecule has 0 radical (unpaired) electrons. The predicted octanol–water partition coefficient (Wildman–Crippen LogP) is 5.90. The lowest BCUT2D eigenvalue weighted by Crippen LogP contribution is -2.44. The average Bonchev–Trinajstić information content (AvgIpc) is 2.97. The van der Waals surface area contributed by atoms with E-state index >= 15 is 0 Å². The molecular weight excluding hydrogens is 680 g/mol. The highest BCUT2D eigenvalue weighted by molar-refractivity contribution is 9.10. The third-order valence-corrected chi connectivity index (χ3v) is 7.01. The second-order valence-corrected chi connectivity index (χ2v) is 13.9. The molecule has 0 aliphatic carbocycles. The number of amides is 2. The van der Waals surface area contributed by atoms with Gasteiger partial charge in [-0.05, 0) is 115 Å². The quantitative estimate of drug-likeness (QED) is 0.279. The minimum atomic E-state index is -0.535. The smallest absolute Gasteiger partial charge is 0.410 e. The van der Waals surface area contributed by atoms with Crippen LogP contribution in [0.1, 0.15) is 67.2 Å². The van der Waals surface area contributed by atoms with Crippen LogP contribution in [0.4, 0.5) is 26.9 Å². The van der Waals surface area contributed by atoms with Crippen LogP contribution in [0.25, 0.3) is 0 Å². The number of aromatic nitrogens is 2. The van der Waals surface area contributed by atoms with E-state index < -0.39 is 21.0 Å². The second-order valence-electron chi connectivity index (χ2n) is 12.9. The number of pyridine rings is 2. The molecule has 47 heavy (non-hydrogen) atoms. The van der Waals surface area contributed by atoms with Gasteiger partial charge < -0.3 is 50.6 Å². The number of ether oxygens (including phenoxy) is 2. The van der Waals surface area contributed by atoms with Crippen molar-refractivity contribution >= 4 is 45.4 Å². The van der Waals surface area contributed by atoms with Crippen LogP contribution in [0.15, 0.2) is 41.1 Å². The molecule has 2 aromatic rings. The maximum atomic E-state index is 12.0. The average molecular weight is 726 g/mol. The monoisotopic (exact) mass is 724 g/mol. The second kappa shape index (κ2) is 17.7. The van der Waals surface area contributed by atoms with E-state index in [1.807, 2.05) is 41.5 Å². The van der Waals surface area contributed by atoms with Gasteiger partial charge in [0.25, 0.3) is 0 Å². The standard InChI is InChI=1S/C15H22N4O4.C10H20N2O2.C5H3BrN2O2/c1-15(2,3)23-14(20)18-8-6-11(7-9-18)17-12-4-5-13(16-10-12)19(21)22;1-10(2,3)14-9(13)12-6-4-8(11)5-7-12;6-4-1-2-5(7-3-4)8(9)10/h4-5,10-11,17H,6-9H2,1-3H3;8H,4-7,11H2,1-3H3;1-3H. The number of rotatable bonds is 4. The van der Waals surface area contributed by atoms with Crippen molar-refractivity contribution < 1.29 is 28.9 Å². The molecule has 2 aliphatic rings. The summed E-state index contributed by atoms with van der Waals surface area (Å²) in [6, 6.07) is 6.38. The van der Waals surface area contributed by atoms with Crippen LogP contribution in [0.3, 0.4) is 0 Å². The minimum Gasteiger partial charge on any atom is -0.444 e. The molecular formula is C30H45BrN8O8. The maximum Gasteiger partial charge on any atom is 0.410 e. The molecule has 0 unspecified atom stereocenters. The fourth-order valence-corrected chi connectivity index (χ4v) is 4.47. The molecule has 16 nitrogen and oxygen atoms in total. The molecule has 4 heterocycles. The highest BCUT2D eigenvalue weighted by Crippen LogP contribution is 2.20. The van der Waals surface area contributed by atoms with Crippen LogP contribution in [0.2, 0.25) is 0 Å². The molecule has 2 saturated heterocycles. The summed E-state index contributed by atoms with van der Waals surface area (Å²) in [6.07, 6.45) is 5.67. The number of nitro groups is 2. The van der Waals surface area contributed by atoms with Crippen LogP contribution in [-0.2, 0) is 9.47 Å². The van der Waals surface area contributed by atoms with E-state index in [9.17, 15) is 29.8 Å². The first-order chi connectivity index (χ1) is 21.8. The minimum absolute atomic E-state index is 0.136. The summed E-state index contributed by atoms with van der Waals surface area (Å²) in [5, 5.41) is 23.9. The number of piperidine rings is 2. The Morgan fingerprint density at radius 1 is 0.809 bits per heavy atom. The lowest BCUT2D eigenvalue weighted by Gasteiger charge is -2.33. The molecule has 3 N–H and O–H groups in total. The zero-order valence-corrected chi connectivity index (χ0v) is 29.3. The summed E-state index contributed by atoms with van der Waals surface area (Å²) in [5.41, 5.74) is 5.59. The van der Waals surface area contributed by atoms with Gasteiger partial charge in [0, 0.05) is 50.4 Å². The molecule has 260 valence electrons. The third kappa shape index (κ3) is 15.3. The topological polar surface area (TPSA) is 209 Å². The Bertz CT molecular complexity index is 1320. The van der Waals surface area contributed by atoms with Crippen LogP contribution >= 0.6 is 15.9 Å². The van der Waals surface area contributed by atoms with Gasteiger partial charge in [-0.3, -0.25) is 0 Å². The van der Waals surface area contributed by atoms with Crippen molar-refractivity contribution in [2.75, 3.05) is 31.5 Å². The number of carbonyl (C=O) groups excluding carboxylic acids is 2. The Labute approximate surface area is 282 Å². The molecule has 0 spiro atoms. The molecule has 0 atom stereocenters. The number of nitrogens with zero attached hydrogens (tertiary/aromatic N) is 6. The Morgan fingerprint density at radius 3 is 1.60 bits per heavy atom. The van der Waals surface area contributed by atoms with Crippen molar-refractivity contribution in [1.29, 1.82) is 0 Å². The van der Waals surface area contributed by atoms with Crippen molar-refractivity contribution in [1.82, 2.24) is 19.8 Å². The summed E-state index contributed by atoms with van der Waals surface area (Å²) in [7, 11) is 0. The molecule has 2 amide bonds. The fourth-order valence-electron chi connectivity index (χ4n) is 4.23. The van der Waals surface area contributed by atoms with E-state index in [4.69, 9.17) is 15.2 Å². The summed E-state index contributed by atoms with van der Waals surface area (Å²) in [6.45, 7) is 13.8. The van der Waals surface area contributed by atoms with E-state index in [0.29, 0.717) is 13.1 Å². The molecule has 0 aromatic carbocycles. The van der Waals surface area contributed by atoms with Crippen molar-refractivity contribution in [2.24, 2.45) is 5.73 Å². The van der Waals surface area contributed by atoms with Gasteiger partial charge in [-0.1, -0.05) is 0 Å². The number of likely N-dealkylation sites (tertiary alicyclic amines) is 2. The highest BCUT2D eigenvalue weighted by atomic mass is 79.9. The fraction of sp³-hybridized carbons (Fsp3) is 0.600. The SMILES string of the molecule is CC(C)(C)OC(=O)N1CCC(N)CC1.CC(C)(C)OC(=O)N1CCC(Nc2ccc([N+](=O)[O-])nc2)CC1.O=[N+]([O-])c1ccc(Br)cn1.